The summed E-state index contributed by atoms with van der Waals surface area (Å²) in [6.07, 6.45) is 6.15. The molecule has 0 spiro atoms. The van der Waals surface area contributed by atoms with Crippen molar-refractivity contribution in [3.8, 4) is 0 Å². The molecule has 3 aromatic carbocycles. The van der Waals surface area contributed by atoms with E-state index in [1.807, 2.05) is 72.8 Å². The normalized spacial score (nSPS) is 12.1. The molecule has 3 amide bonds. The van der Waals surface area contributed by atoms with E-state index >= 15 is 0 Å². The Hall–Kier alpha value is -4.45. The van der Waals surface area contributed by atoms with Crippen molar-refractivity contribution < 1.29 is 14.4 Å². The minimum Gasteiger partial charge on any atom is -0.348 e. The van der Waals surface area contributed by atoms with Crippen molar-refractivity contribution in [2.24, 2.45) is 0 Å². The van der Waals surface area contributed by atoms with Crippen LogP contribution >= 0.6 is 0 Å². The second-order valence-corrected chi connectivity index (χ2v) is 8.26. The number of hydrogen-bond donors (Lipinski definition) is 3. The van der Waals surface area contributed by atoms with Crippen molar-refractivity contribution in [2.45, 2.75) is 26.1 Å². The van der Waals surface area contributed by atoms with Crippen LogP contribution in [0, 0.1) is 0 Å². The lowest BCUT2D eigenvalue weighted by atomic mass is 10.0. The number of rotatable bonds is 9. The van der Waals surface area contributed by atoms with E-state index in [1.165, 1.54) is 0 Å². The van der Waals surface area contributed by atoms with Crippen LogP contribution in [0.2, 0.25) is 0 Å². The van der Waals surface area contributed by atoms with E-state index in [4.69, 9.17) is 0 Å². The number of nitrogens with one attached hydrogen (secondary N) is 3. The molecule has 0 atom stereocenters. The van der Waals surface area contributed by atoms with Crippen LogP contribution in [0.3, 0.4) is 0 Å². The van der Waals surface area contributed by atoms with Crippen molar-refractivity contribution in [2.75, 3.05) is 0 Å². The highest BCUT2D eigenvalue weighted by Crippen LogP contribution is 2.14. The molecular weight excluding hydrogens is 438 g/mol. The zero-order chi connectivity index (χ0) is 24.5. The maximum atomic E-state index is 12.9. The lowest BCUT2D eigenvalue weighted by Gasteiger charge is -2.12. The molecule has 0 radical (unpaired) electrons. The van der Waals surface area contributed by atoms with Crippen molar-refractivity contribution in [3.05, 3.63) is 130 Å². The van der Waals surface area contributed by atoms with E-state index in [9.17, 15) is 14.4 Å². The highest BCUT2D eigenvalue weighted by Gasteiger charge is 2.15. The van der Waals surface area contributed by atoms with Gasteiger partial charge in [-0.2, -0.15) is 0 Å². The topological polar surface area (TPSA) is 87.3 Å². The van der Waals surface area contributed by atoms with Gasteiger partial charge in [0.1, 0.15) is 0 Å². The van der Waals surface area contributed by atoms with Gasteiger partial charge in [0, 0.05) is 36.3 Å². The van der Waals surface area contributed by atoms with Gasteiger partial charge in [0.2, 0.25) is 5.91 Å². The van der Waals surface area contributed by atoms with Crippen molar-refractivity contribution in [1.29, 1.82) is 0 Å². The molecule has 6 heteroatoms. The van der Waals surface area contributed by atoms with Crippen LogP contribution in [-0.4, -0.2) is 17.7 Å². The fraction of sp³-hybridized carbons (Fsp3) is 0.138. The largest absolute Gasteiger partial charge is 0.348 e. The monoisotopic (exact) mass is 465 g/mol. The van der Waals surface area contributed by atoms with Gasteiger partial charge in [0.05, 0.1) is 0 Å². The van der Waals surface area contributed by atoms with Crippen LogP contribution in [0.25, 0.3) is 0 Å². The lowest BCUT2D eigenvalue weighted by Crippen LogP contribution is -2.27. The standard InChI is InChI=1S/C29H27N3O3/c33-27(24-13-7-8-14-24)32-20-23-15-25(28(34)30-18-21-9-3-1-4-10-21)17-26(16-23)29(35)31-19-22-11-5-2-6-12-22/h1-13,15-17H,14,18-20H2,(H,30,34)(H,31,35)(H,32,33). The highest BCUT2D eigenvalue weighted by atomic mass is 16.2. The summed E-state index contributed by atoms with van der Waals surface area (Å²) in [5, 5.41) is 8.68. The van der Waals surface area contributed by atoms with Gasteiger partial charge in [-0.3, -0.25) is 14.4 Å². The Morgan fingerprint density at radius 2 is 1.09 bits per heavy atom. The smallest absolute Gasteiger partial charge is 0.251 e. The molecule has 176 valence electrons. The molecule has 0 aromatic heterocycles. The molecule has 35 heavy (non-hydrogen) atoms. The molecular formula is C29H27N3O3. The summed E-state index contributed by atoms with van der Waals surface area (Å²) in [5.41, 5.74) is 4.02. The molecule has 0 unspecified atom stereocenters. The lowest BCUT2D eigenvalue weighted by molar-refractivity contribution is -0.117. The van der Waals surface area contributed by atoms with Gasteiger partial charge in [-0.15, -0.1) is 0 Å². The van der Waals surface area contributed by atoms with Crippen molar-refractivity contribution in [3.63, 3.8) is 0 Å². The number of amides is 3. The quantitative estimate of drug-likeness (QED) is 0.446. The third kappa shape index (κ3) is 6.77. The Labute approximate surface area is 204 Å². The number of benzene rings is 3. The maximum Gasteiger partial charge on any atom is 0.251 e. The zero-order valence-electron chi connectivity index (χ0n) is 19.3. The molecule has 0 heterocycles. The molecule has 3 N–H and O–H groups in total. The van der Waals surface area contributed by atoms with Crippen LogP contribution in [-0.2, 0) is 24.4 Å². The zero-order valence-corrected chi connectivity index (χ0v) is 19.3. The number of hydrogen-bond acceptors (Lipinski definition) is 3. The van der Waals surface area contributed by atoms with Crippen LogP contribution in [0.4, 0.5) is 0 Å². The third-order valence-electron chi connectivity index (χ3n) is 5.62. The summed E-state index contributed by atoms with van der Waals surface area (Å²) in [5.74, 6) is -0.743. The Morgan fingerprint density at radius 3 is 1.57 bits per heavy atom. The van der Waals surface area contributed by atoms with Gasteiger partial charge < -0.3 is 16.0 Å². The van der Waals surface area contributed by atoms with Gasteiger partial charge in [0.15, 0.2) is 0 Å². The molecule has 1 aliphatic rings. The molecule has 0 fully saturated rings. The highest BCUT2D eigenvalue weighted by molar-refractivity contribution is 6.00. The molecule has 6 nitrogen and oxygen atoms in total. The predicted molar refractivity (Wildman–Crippen MR) is 135 cm³/mol. The first-order chi connectivity index (χ1) is 17.1. The van der Waals surface area contributed by atoms with Gasteiger partial charge in [-0.05, 0) is 41.3 Å². The van der Waals surface area contributed by atoms with E-state index < -0.39 is 0 Å². The van der Waals surface area contributed by atoms with E-state index in [0.717, 1.165) is 11.1 Å². The second kappa shape index (κ2) is 11.6. The summed E-state index contributed by atoms with van der Waals surface area (Å²) in [6.45, 7) is 0.948. The molecule has 0 bridgehead atoms. The second-order valence-electron chi connectivity index (χ2n) is 8.26. The third-order valence-corrected chi connectivity index (χ3v) is 5.62. The van der Waals surface area contributed by atoms with Gasteiger partial charge in [-0.1, -0.05) is 78.9 Å². The Kier molecular flexibility index (Phi) is 7.86. The fourth-order valence-electron chi connectivity index (χ4n) is 3.73. The van der Waals surface area contributed by atoms with Crippen molar-refractivity contribution >= 4 is 17.7 Å². The molecule has 3 aromatic rings. The molecule has 0 saturated carbocycles. The number of allylic oxidation sites excluding steroid dienone is 3. The summed E-state index contributed by atoms with van der Waals surface area (Å²) < 4.78 is 0. The van der Waals surface area contributed by atoms with E-state index in [2.05, 4.69) is 16.0 Å². The Bertz CT molecular complexity index is 1190. The first-order valence-electron chi connectivity index (χ1n) is 11.5. The number of carbonyl (C=O) groups is 3. The minimum atomic E-state index is -0.290. The minimum absolute atomic E-state index is 0.163. The fourth-order valence-corrected chi connectivity index (χ4v) is 3.73. The summed E-state index contributed by atoms with van der Waals surface area (Å²) in [4.78, 5) is 38.2. The van der Waals surface area contributed by atoms with Crippen LogP contribution < -0.4 is 16.0 Å². The van der Waals surface area contributed by atoms with E-state index in [1.54, 1.807) is 24.3 Å². The van der Waals surface area contributed by atoms with E-state index in [0.29, 0.717) is 41.8 Å². The summed E-state index contributed by atoms with van der Waals surface area (Å²) >= 11 is 0. The molecule has 4 rings (SSSR count). The summed E-state index contributed by atoms with van der Waals surface area (Å²) in [6, 6.07) is 24.2. The first kappa shape index (κ1) is 23.7. The van der Waals surface area contributed by atoms with Crippen LogP contribution in [0.5, 0.6) is 0 Å². The van der Waals surface area contributed by atoms with Gasteiger partial charge >= 0.3 is 0 Å². The average Bonchev–Trinajstić information content (AvgIpc) is 3.45. The average molecular weight is 466 g/mol. The molecule has 1 aliphatic carbocycles. The van der Waals surface area contributed by atoms with Crippen LogP contribution in [0.1, 0.15) is 43.8 Å². The molecule has 0 saturated heterocycles. The Balaban J connectivity index is 1.49. The van der Waals surface area contributed by atoms with Crippen molar-refractivity contribution in [1.82, 2.24) is 16.0 Å². The number of carbonyl (C=O) groups excluding carboxylic acids is 3. The van der Waals surface area contributed by atoms with Gasteiger partial charge in [-0.25, -0.2) is 0 Å². The maximum absolute atomic E-state index is 12.9. The van der Waals surface area contributed by atoms with E-state index in [-0.39, 0.29) is 24.3 Å². The first-order valence-corrected chi connectivity index (χ1v) is 11.5. The van der Waals surface area contributed by atoms with Gasteiger partial charge in [0.25, 0.3) is 11.8 Å². The van der Waals surface area contributed by atoms with Crippen LogP contribution in [0.15, 0.2) is 103 Å². The predicted octanol–water partition coefficient (Wildman–Crippen LogP) is 4.05. The molecule has 0 aliphatic heterocycles. The Morgan fingerprint density at radius 1 is 0.600 bits per heavy atom. The SMILES string of the molecule is O=C(NCc1cc(C(=O)NCc2ccccc2)cc(C(=O)NCc2ccccc2)c1)C1=CC=CC1. The summed E-state index contributed by atoms with van der Waals surface area (Å²) in [7, 11) is 0.